The van der Waals surface area contributed by atoms with Gasteiger partial charge in [-0.2, -0.15) is 0 Å². The van der Waals surface area contributed by atoms with Crippen LogP contribution >= 0.6 is 0 Å². The molecule has 16 heteroatoms. The van der Waals surface area contributed by atoms with Crippen LogP contribution in [0.25, 0.3) is 0 Å². The fourth-order valence-corrected chi connectivity index (χ4v) is 6.93. The molecule has 1 saturated heterocycles. The fourth-order valence-electron chi connectivity index (χ4n) is 6.93. The maximum Gasteiger partial charge on any atom is 0.255 e. The van der Waals surface area contributed by atoms with E-state index in [4.69, 9.17) is 4.74 Å². The molecule has 2 aliphatic heterocycles. The number of benzene rings is 1. The first-order chi connectivity index (χ1) is 25.9. The van der Waals surface area contributed by atoms with E-state index < -0.39 is 64.9 Å². The fraction of sp³-hybridized carbons (Fsp3) is 0.553. The summed E-state index contributed by atoms with van der Waals surface area (Å²) < 4.78 is 37.1. The first-order valence-electron chi connectivity index (χ1n) is 18.6. The van der Waals surface area contributed by atoms with Crippen molar-refractivity contribution in [1.82, 2.24) is 40.4 Å². The number of halogens is 2. The predicted octanol–water partition coefficient (Wildman–Crippen LogP) is 3.18. The molecule has 4 amide bonds. The average Bonchev–Trinajstić information content (AvgIpc) is 3.77. The summed E-state index contributed by atoms with van der Waals surface area (Å²) in [7, 11) is 1.50. The molecule has 0 aliphatic carbocycles. The Kier molecular flexibility index (Phi) is 14.0. The van der Waals surface area contributed by atoms with Gasteiger partial charge in [0, 0.05) is 58.0 Å². The zero-order chi connectivity index (χ0) is 38.8. The van der Waals surface area contributed by atoms with Crippen molar-refractivity contribution in [2.75, 3.05) is 20.1 Å². The van der Waals surface area contributed by atoms with Crippen molar-refractivity contribution in [3.05, 3.63) is 71.3 Å². The zero-order valence-corrected chi connectivity index (χ0v) is 31.0. The Labute approximate surface area is 313 Å². The highest BCUT2D eigenvalue weighted by atomic mass is 19.1. The minimum atomic E-state index is -1.24. The number of nitrogens with one attached hydrogen (secondary N) is 2. The van der Waals surface area contributed by atoms with Crippen molar-refractivity contribution in [2.24, 2.45) is 5.92 Å². The van der Waals surface area contributed by atoms with Crippen LogP contribution in [0.1, 0.15) is 86.8 Å². The van der Waals surface area contributed by atoms with E-state index in [1.807, 2.05) is 19.9 Å². The number of carbonyl (C=O) groups excluding carboxylic acids is 4. The number of aromatic nitrogens is 4. The lowest BCUT2D eigenvalue weighted by Crippen LogP contribution is -2.57. The molecule has 0 saturated carbocycles. The third kappa shape index (κ3) is 10.6. The molecule has 54 heavy (non-hydrogen) atoms. The van der Waals surface area contributed by atoms with Crippen LogP contribution in [0.3, 0.4) is 0 Å². The molecular weight excluding hydrogens is 702 g/mol. The number of carbonyl (C=O) groups is 4. The summed E-state index contributed by atoms with van der Waals surface area (Å²) in [4.78, 5) is 62.6. The highest BCUT2D eigenvalue weighted by Crippen LogP contribution is 2.27. The standard InChI is InChI=1S/C38H50F2N8O6/c1-24(2)15-31-37(52)48-22-28(49)19-33(48)38(53)46(3)32(16-25-11-10-12-41-20-25)36(51)42-13-8-6-4-5-7-9-14-47-21-27(44-45-47)23-54-34-29(35(50)43-31)17-26(39)18-30(34)40/h10-12,17-18,20-21,24,28,31-33,49H,4-9,13-16,19,22-23H2,1-3H3,(H,42,51)(H,43,50)/t28-,31+,32-,33+/m0/s1. The van der Waals surface area contributed by atoms with E-state index >= 15 is 4.39 Å². The normalized spacial score (nSPS) is 23.0. The molecule has 0 radical (unpaired) electrons. The molecule has 2 bridgehead atoms. The van der Waals surface area contributed by atoms with Gasteiger partial charge in [-0.1, -0.05) is 50.8 Å². The SMILES string of the molecule is CC(C)C[C@H]1NC(=O)c2cc(F)cc(F)c2OCc2cn(nn2)CCCCCCCCNC(=O)[C@H](Cc2cccnc2)N(C)C(=O)[C@H]2C[C@H](O)CN2C1=O. The van der Waals surface area contributed by atoms with Crippen LogP contribution in [0.15, 0.2) is 42.9 Å². The van der Waals surface area contributed by atoms with Gasteiger partial charge in [0.05, 0.1) is 17.9 Å². The second kappa shape index (κ2) is 18.9. The molecule has 3 aromatic rings. The maximum atomic E-state index is 15.2. The Morgan fingerprint density at radius 1 is 1.04 bits per heavy atom. The molecule has 2 aromatic heterocycles. The van der Waals surface area contributed by atoms with Crippen LogP contribution in [0, 0.1) is 17.6 Å². The molecule has 1 aromatic carbocycles. The number of rotatable bonds is 4. The van der Waals surface area contributed by atoms with Crippen molar-refractivity contribution in [2.45, 2.75) is 109 Å². The lowest BCUT2D eigenvalue weighted by Gasteiger charge is -2.34. The van der Waals surface area contributed by atoms with E-state index in [9.17, 15) is 28.7 Å². The summed E-state index contributed by atoms with van der Waals surface area (Å²) in [6.45, 7) is 4.24. The molecule has 4 heterocycles. The average molecular weight is 753 g/mol. The number of ether oxygens (including phenoxy) is 1. The molecule has 292 valence electrons. The molecule has 1 fully saturated rings. The van der Waals surface area contributed by atoms with E-state index in [1.165, 1.54) is 16.8 Å². The number of hydrogen-bond donors (Lipinski definition) is 3. The molecular formula is C38H50F2N8O6. The number of aliphatic hydroxyl groups excluding tert-OH is 1. The lowest BCUT2D eigenvalue weighted by molar-refractivity contribution is -0.147. The topological polar surface area (TPSA) is 172 Å². The third-order valence-electron chi connectivity index (χ3n) is 9.74. The Balaban J connectivity index is 1.45. The Morgan fingerprint density at radius 3 is 2.54 bits per heavy atom. The first-order valence-corrected chi connectivity index (χ1v) is 18.6. The van der Waals surface area contributed by atoms with Crippen LogP contribution in [-0.2, 0) is 34.0 Å². The van der Waals surface area contributed by atoms with E-state index in [-0.39, 0.29) is 44.2 Å². The molecule has 5 rings (SSSR count). The Hall–Kier alpha value is -4.99. The van der Waals surface area contributed by atoms with Crippen molar-refractivity contribution in [3.8, 4) is 5.75 Å². The summed E-state index contributed by atoms with van der Waals surface area (Å²) in [6.07, 6.45) is 9.43. The monoisotopic (exact) mass is 752 g/mol. The lowest BCUT2D eigenvalue weighted by atomic mass is 10.0. The van der Waals surface area contributed by atoms with Gasteiger partial charge in [-0.05, 0) is 42.9 Å². The molecule has 4 atom stereocenters. The number of fused-ring (bicyclic) bond motifs is 4. The van der Waals surface area contributed by atoms with Gasteiger partial charge in [0.1, 0.15) is 36.2 Å². The van der Waals surface area contributed by atoms with Crippen molar-refractivity contribution < 1.29 is 37.8 Å². The molecule has 3 N–H and O–H groups in total. The van der Waals surface area contributed by atoms with Gasteiger partial charge in [0.25, 0.3) is 5.91 Å². The number of amides is 4. The highest BCUT2D eigenvalue weighted by Gasteiger charge is 2.44. The minimum Gasteiger partial charge on any atom is -0.483 e. The molecule has 0 spiro atoms. The summed E-state index contributed by atoms with van der Waals surface area (Å²) in [5.41, 5.74) is 0.633. The van der Waals surface area contributed by atoms with Gasteiger partial charge in [-0.15, -0.1) is 5.10 Å². The quantitative estimate of drug-likeness (QED) is 0.362. The van der Waals surface area contributed by atoms with Crippen molar-refractivity contribution >= 4 is 23.6 Å². The van der Waals surface area contributed by atoms with Gasteiger partial charge < -0.3 is 30.3 Å². The van der Waals surface area contributed by atoms with E-state index in [1.54, 1.807) is 29.3 Å². The van der Waals surface area contributed by atoms with Gasteiger partial charge in [0.2, 0.25) is 17.7 Å². The molecule has 14 nitrogen and oxygen atoms in total. The maximum absolute atomic E-state index is 15.2. The summed E-state index contributed by atoms with van der Waals surface area (Å²) >= 11 is 0. The van der Waals surface area contributed by atoms with Crippen LogP contribution in [0.2, 0.25) is 0 Å². The van der Waals surface area contributed by atoms with E-state index in [0.29, 0.717) is 24.8 Å². The van der Waals surface area contributed by atoms with Crippen molar-refractivity contribution in [1.29, 1.82) is 0 Å². The van der Waals surface area contributed by atoms with Gasteiger partial charge in [0.15, 0.2) is 11.6 Å². The van der Waals surface area contributed by atoms with Crippen LogP contribution in [-0.4, -0.2) is 103 Å². The summed E-state index contributed by atoms with van der Waals surface area (Å²) in [5.74, 6) is -5.35. The number of nitrogens with zero attached hydrogens (tertiary/aromatic N) is 6. The largest absolute Gasteiger partial charge is 0.483 e. The van der Waals surface area contributed by atoms with Gasteiger partial charge >= 0.3 is 0 Å². The van der Waals surface area contributed by atoms with Crippen molar-refractivity contribution in [3.63, 3.8) is 0 Å². The second-order valence-corrected chi connectivity index (χ2v) is 14.5. The van der Waals surface area contributed by atoms with Crippen LogP contribution < -0.4 is 15.4 Å². The highest BCUT2D eigenvalue weighted by molar-refractivity contribution is 6.00. The van der Waals surface area contributed by atoms with E-state index in [0.717, 1.165) is 50.2 Å². The number of aliphatic hydroxyl groups is 1. The van der Waals surface area contributed by atoms with Gasteiger partial charge in [-0.3, -0.25) is 28.8 Å². The molecule has 0 unspecified atom stereocenters. The predicted molar refractivity (Wildman–Crippen MR) is 193 cm³/mol. The third-order valence-corrected chi connectivity index (χ3v) is 9.74. The summed E-state index contributed by atoms with van der Waals surface area (Å²) in [6, 6.07) is 1.64. The minimum absolute atomic E-state index is 0.0871. The van der Waals surface area contributed by atoms with E-state index in [2.05, 4.69) is 25.9 Å². The number of aryl methyl sites for hydroxylation is 1. The first kappa shape index (κ1) is 40.2. The second-order valence-electron chi connectivity index (χ2n) is 14.5. The Bertz CT molecular complexity index is 1760. The summed E-state index contributed by atoms with van der Waals surface area (Å²) in [5, 5.41) is 24.6. The van der Waals surface area contributed by atoms with Crippen LogP contribution in [0.5, 0.6) is 5.75 Å². The van der Waals surface area contributed by atoms with Crippen LogP contribution in [0.4, 0.5) is 8.78 Å². The zero-order valence-electron chi connectivity index (χ0n) is 31.0. The molecule has 2 aliphatic rings. The van der Waals surface area contributed by atoms with Gasteiger partial charge in [-0.25, -0.2) is 8.78 Å². The number of pyridine rings is 1. The number of likely N-dealkylation sites (N-methyl/N-ethyl adjacent to an activating group) is 1. The number of hydrogen-bond acceptors (Lipinski definition) is 9. The Morgan fingerprint density at radius 2 is 1.80 bits per heavy atom. The smallest absolute Gasteiger partial charge is 0.255 e.